The number of para-hydroxylation sites is 1. The summed E-state index contributed by atoms with van der Waals surface area (Å²) in [6, 6.07) is 9.52. The van der Waals surface area contributed by atoms with Crippen molar-refractivity contribution in [2.45, 2.75) is 57.8 Å². The number of aryl methyl sites for hydroxylation is 1. The second-order valence-corrected chi connectivity index (χ2v) is 8.69. The molecule has 1 aromatic carbocycles. The zero-order valence-electron chi connectivity index (χ0n) is 17.7. The third-order valence-electron chi connectivity index (χ3n) is 5.33. The largest absolute Gasteiger partial charge is 0.337 e. The van der Waals surface area contributed by atoms with Gasteiger partial charge in [0.25, 0.3) is 5.56 Å². The van der Waals surface area contributed by atoms with Crippen LogP contribution in [0.2, 0.25) is 0 Å². The van der Waals surface area contributed by atoms with Crippen LogP contribution in [0.4, 0.5) is 0 Å². The van der Waals surface area contributed by atoms with E-state index in [1.165, 1.54) is 11.8 Å². The Balaban J connectivity index is 1.96. The number of hydrogen-bond acceptors (Lipinski definition) is 6. The van der Waals surface area contributed by atoms with Crippen LogP contribution < -0.4 is 10.9 Å². The molecular formula is C21H26N6O2S. The van der Waals surface area contributed by atoms with Gasteiger partial charge in [-0.25, -0.2) is 0 Å². The van der Waals surface area contributed by atoms with E-state index in [0.29, 0.717) is 28.4 Å². The molecule has 2 aromatic heterocycles. The summed E-state index contributed by atoms with van der Waals surface area (Å²) in [5.74, 6) is 0.284. The summed E-state index contributed by atoms with van der Waals surface area (Å²) in [5.41, 5.74) is -0.310. The molecule has 0 saturated carbocycles. The number of hydrogen-bond donors (Lipinski definition) is 1. The molecule has 1 unspecified atom stereocenters. The highest BCUT2D eigenvalue weighted by Gasteiger charge is 2.30. The Kier molecular flexibility index (Phi) is 6.46. The molecule has 158 valence electrons. The van der Waals surface area contributed by atoms with Gasteiger partial charge in [0.05, 0.1) is 22.7 Å². The van der Waals surface area contributed by atoms with Gasteiger partial charge in [0.2, 0.25) is 11.7 Å². The second-order valence-electron chi connectivity index (χ2n) is 7.75. The Labute approximate surface area is 179 Å². The third-order valence-corrected chi connectivity index (χ3v) is 6.26. The van der Waals surface area contributed by atoms with Gasteiger partial charge in [-0.15, -0.1) is 10.2 Å². The number of aromatic nitrogens is 4. The fourth-order valence-electron chi connectivity index (χ4n) is 3.10. The first-order chi connectivity index (χ1) is 14.3. The normalized spacial score (nSPS) is 13.5. The molecule has 2 heterocycles. The quantitative estimate of drug-likeness (QED) is 0.555. The van der Waals surface area contributed by atoms with Crippen LogP contribution >= 0.6 is 11.8 Å². The molecule has 8 nitrogen and oxygen atoms in total. The summed E-state index contributed by atoms with van der Waals surface area (Å²) in [6.07, 6.45) is 1.81. The van der Waals surface area contributed by atoms with Crippen molar-refractivity contribution in [3.05, 3.63) is 34.6 Å². The topological polar surface area (TPSA) is 105 Å². The molecule has 0 aliphatic carbocycles. The fourth-order valence-corrected chi connectivity index (χ4v) is 3.84. The first kappa shape index (κ1) is 21.8. The maximum atomic E-state index is 13.0. The maximum absolute atomic E-state index is 13.0. The number of thioether (sulfide) groups is 1. The molecule has 0 bridgehead atoms. The lowest BCUT2D eigenvalue weighted by Gasteiger charge is -2.27. The molecule has 0 spiro atoms. The lowest BCUT2D eigenvalue weighted by Crippen LogP contribution is -2.49. The SMILES string of the molecule is CCCCn1c(=O)c2ccccc2n2c(SCC(=O)NC(C)(C#N)C(C)C)nnc12. The molecule has 1 atom stereocenters. The molecule has 1 amide bonds. The summed E-state index contributed by atoms with van der Waals surface area (Å²) in [7, 11) is 0. The number of rotatable bonds is 8. The monoisotopic (exact) mass is 426 g/mol. The van der Waals surface area contributed by atoms with Crippen molar-refractivity contribution in [1.82, 2.24) is 24.5 Å². The van der Waals surface area contributed by atoms with E-state index in [1.807, 2.05) is 36.4 Å². The highest BCUT2D eigenvalue weighted by atomic mass is 32.2. The van der Waals surface area contributed by atoms with E-state index in [1.54, 1.807) is 17.6 Å². The Hall–Kier alpha value is -2.86. The van der Waals surface area contributed by atoms with Crippen LogP contribution in [0.3, 0.4) is 0 Å². The Morgan fingerprint density at radius 3 is 2.73 bits per heavy atom. The third kappa shape index (κ3) is 4.05. The second kappa shape index (κ2) is 8.88. The van der Waals surface area contributed by atoms with Crippen molar-refractivity contribution < 1.29 is 4.79 Å². The van der Waals surface area contributed by atoms with Gasteiger partial charge in [0, 0.05) is 6.54 Å². The highest BCUT2D eigenvalue weighted by molar-refractivity contribution is 7.99. The van der Waals surface area contributed by atoms with Gasteiger partial charge in [-0.1, -0.05) is 51.1 Å². The minimum absolute atomic E-state index is 0.0256. The molecule has 0 saturated heterocycles. The van der Waals surface area contributed by atoms with Crippen molar-refractivity contribution >= 4 is 34.3 Å². The van der Waals surface area contributed by atoms with Crippen molar-refractivity contribution in [3.63, 3.8) is 0 Å². The molecule has 1 N–H and O–H groups in total. The summed E-state index contributed by atoms with van der Waals surface area (Å²) in [4.78, 5) is 25.4. The van der Waals surface area contributed by atoms with Crippen molar-refractivity contribution in [1.29, 1.82) is 5.26 Å². The van der Waals surface area contributed by atoms with Gasteiger partial charge < -0.3 is 5.32 Å². The first-order valence-electron chi connectivity index (χ1n) is 10.0. The molecule has 9 heteroatoms. The van der Waals surface area contributed by atoms with Crippen LogP contribution in [0.15, 0.2) is 34.2 Å². The van der Waals surface area contributed by atoms with Gasteiger partial charge in [0.1, 0.15) is 5.54 Å². The lowest BCUT2D eigenvalue weighted by molar-refractivity contribution is -0.120. The van der Waals surface area contributed by atoms with E-state index < -0.39 is 5.54 Å². The maximum Gasteiger partial charge on any atom is 0.262 e. The number of carbonyl (C=O) groups excluding carboxylic acids is 1. The van der Waals surface area contributed by atoms with E-state index in [4.69, 9.17) is 0 Å². The van der Waals surface area contributed by atoms with Gasteiger partial charge >= 0.3 is 0 Å². The number of unbranched alkanes of at least 4 members (excludes halogenated alkanes) is 1. The van der Waals surface area contributed by atoms with E-state index in [2.05, 4.69) is 28.5 Å². The minimum Gasteiger partial charge on any atom is -0.337 e. The molecule has 3 aromatic rings. The Bertz CT molecular complexity index is 1180. The van der Waals surface area contributed by atoms with Crippen LogP contribution in [0.5, 0.6) is 0 Å². The summed E-state index contributed by atoms with van der Waals surface area (Å²) < 4.78 is 3.48. The molecule has 0 fully saturated rings. The van der Waals surface area contributed by atoms with E-state index in [0.717, 1.165) is 12.8 Å². The average molecular weight is 427 g/mol. The molecule has 0 aliphatic heterocycles. The Morgan fingerprint density at radius 1 is 1.33 bits per heavy atom. The van der Waals surface area contributed by atoms with Crippen LogP contribution in [0, 0.1) is 17.2 Å². The molecular weight excluding hydrogens is 400 g/mol. The van der Waals surface area contributed by atoms with Gasteiger partial charge in [-0.2, -0.15) is 5.26 Å². The number of carbonyl (C=O) groups is 1. The van der Waals surface area contributed by atoms with Crippen LogP contribution in [0.25, 0.3) is 16.7 Å². The van der Waals surface area contributed by atoms with Crippen molar-refractivity contribution in [2.75, 3.05) is 5.75 Å². The number of nitrogens with zero attached hydrogens (tertiary/aromatic N) is 5. The zero-order chi connectivity index (χ0) is 21.9. The molecule has 0 aliphatic rings. The zero-order valence-corrected chi connectivity index (χ0v) is 18.5. The van der Waals surface area contributed by atoms with Crippen molar-refractivity contribution in [2.24, 2.45) is 5.92 Å². The van der Waals surface area contributed by atoms with Crippen LogP contribution in [-0.4, -0.2) is 36.4 Å². The van der Waals surface area contributed by atoms with Gasteiger partial charge in [0.15, 0.2) is 5.16 Å². The van der Waals surface area contributed by atoms with E-state index in [9.17, 15) is 14.9 Å². The summed E-state index contributed by atoms with van der Waals surface area (Å²) in [6.45, 7) is 8.13. The highest BCUT2D eigenvalue weighted by Crippen LogP contribution is 2.22. The smallest absolute Gasteiger partial charge is 0.262 e. The van der Waals surface area contributed by atoms with Gasteiger partial charge in [-0.05, 0) is 31.4 Å². The van der Waals surface area contributed by atoms with E-state index in [-0.39, 0.29) is 23.1 Å². The standard InChI is InChI=1S/C21H26N6O2S/c1-5-6-11-26-18(29)15-9-7-8-10-16(15)27-19(26)24-25-20(27)30-12-17(28)23-21(4,13-22)14(2)3/h7-10,14H,5-6,11-12H2,1-4H3,(H,23,28). The number of nitriles is 1. The predicted molar refractivity (Wildman–Crippen MR) is 117 cm³/mol. The van der Waals surface area contributed by atoms with Gasteiger partial charge in [-0.3, -0.25) is 18.6 Å². The number of amides is 1. The number of fused-ring (bicyclic) bond motifs is 3. The molecule has 3 rings (SSSR count). The van der Waals surface area contributed by atoms with E-state index >= 15 is 0 Å². The lowest BCUT2D eigenvalue weighted by atomic mass is 9.90. The predicted octanol–water partition coefficient (Wildman–Crippen LogP) is 2.99. The average Bonchev–Trinajstić information content (AvgIpc) is 3.16. The van der Waals surface area contributed by atoms with Crippen LogP contribution in [0.1, 0.15) is 40.5 Å². The summed E-state index contributed by atoms with van der Waals surface area (Å²) >= 11 is 1.23. The molecule has 0 radical (unpaired) electrons. The number of nitrogens with one attached hydrogen (secondary N) is 1. The molecule has 30 heavy (non-hydrogen) atoms. The van der Waals surface area contributed by atoms with Crippen molar-refractivity contribution in [3.8, 4) is 6.07 Å². The Morgan fingerprint density at radius 2 is 2.07 bits per heavy atom. The van der Waals surface area contributed by atoms with Crippen LogP contribution in [-0.2, 0) is 11.3 Å². The minimum atomic E-state index is -0.933. The first-order valence-corrected chi connectivity index (χ1v) is 11.0. The summed E-state index contributed by atoms with van der Waals surface area (Å²) in [5, 5.41) is 21.8. The number of benzene rings is 1. The fraction of sp³-hybridized carbons (Fsp3) is 0.476.